The number of benzene rings is 1. The molecule has 1 atom stereocenters. The van der Waals surface area contributed by atoms with Gasteiger partial charge < -0.3 is 10.6 Å². The normalized spacial score (nSPS) is 17.7. The van der Waals surface area contributed by atoms with Gasteiger partial charge in [-0.3, -0.25) is 14.5 Å². The molecule has 1 aliphatic rings. The number of hydrogen-bond acceptors (Lipinski definition) is 5. The Morgan fingerprint density at radius 3 is 2.92 bits per heavy atom. The van der Waals surface area contributed by atoms with Crippen LogP contribution in [0.4, 0.5) is 0 Å². The highest BCUT2D eigenvalue weighted by atomic mass is 32.1. The van der Waals surface area contributed by atoms with Gasteiger partial charge in [-0.1, -0.05) is 30.3 Å². The zero-order valence-corrected chi connectivity index (χ0v) is 15.5. The molecule has 6 nitrogen and oxygen atoms in total. The molecule has 2 heterocycles. The average molecular weight is 372 g/mol. The molecule has 2 aromatic rings. The van der Waals surface area contributed by atoms with E-state index in [4.69, 9.17) is 0 Å². The lowest BCUT2D eigenvalue weighted by atomic mass is 10.1. The number of aromatic nitrogens is 1. The summed E-state index contributed by atoms with van der Waals surface area (Å²) in [6.07, 6.45) is 1.78. The van der Waals surface area contributed by atoms with E-state index in [9.17, 15) is 9.59 Å². The van der Waals surface area contributed by atoms with Gasteiger partial charge in [0.15, 0.2) is 0 Å². The number of nitrogens with one attached hydrogen (secondary N) is 2. The van der Waals surface area contributed by atoms with Gasteiger partial charge in [0, 0.05) is 38.0 Å². The van der Waals surface area contributed by atoms with Crippen LogP contribution < -0.4 is 10.6 Å². The van der Waals surface area contributed by atoms with Crippen molar-refractivity contribution in [2.24, 2.45) is 0 Å². The standard InChI is InChI=1S/C19H24N4O2S/c24-18(20-8-6-16-13-26-14-22-16)12-17-19(25)21-9-11-23(17)10-7-15-4-2-1-3-5-15/h1-5,13-14,17H,6-12H2,(H,20,24)(H,21,25). The van der Waals surface area contributed by atoms with E-state index in [0.29, 0.717) is 19.5 Å². The van der Waals surface area contributed by atoms with Crippen LogP contribution in [-0.2, 0) is 22.4 Å². The van der Waals surface area contributed by atoms with Crippen molar-refractivity contribution < 1.29 is 9.59 Å². The molecular formula is C19H24N4O2S. The van der Waals surface area contributed by atoms with E-state index in [2.05, 4.69) is 32.7 Å². The number of amides is 2. The fourth-order valence-corrected chi connectivity index (χ4v) is 3.70. The largest absolute Gasteiger partial charge is 0.356 e. The monoisotopic (exact) mass is 372 g/mol. The summed E-state index contributed by atoms with van der Waals surface area (Å²) in [7, 11) is 0. The zero-order valence-electron chi connectivity index (χ0n) is 14.7. The highest BCUT2D eigenvalue weighted by Gasteiger charge is 2.31. The van der Waals surface area contributed by atoms with Crippen molar-refractivity contribution in [2.75, 3.05) is 26.2 Å². The van der Waals surface area contributed by atoms with Gasteiger partial charge in [-0.15, -0.1) is 11.3 Å². The zero-order chi connectivity index (χ0) is 18.2. The van der Waals surface area contributed by atoms with E-state index in [-0.39, 0.29) is 18.2 Å². The summed E-state index contributed by atoms with van der Waals surface area (Å²) in [6.45, 7) is 2.72. The first-order valence-electron chi connectivity index (χ1n) is 8.92. The van der Waals surface area contributed by atoms with E-state index in [0.717, 1.165) is 25.2 Å². The molecule has 0 radical (unpaired) electrons. The minimum Gasteiger partial charge on any atom is -0.356 e. The third kappa shape index (κ3) is 5.37. The highest BCUT2D eigenvalue weighted by Crippen LogP contribution is 2.11. The van der Waals surface area contributed by atoms with Crippen LogP contribution in [0.15, 0.2) is 41.2 Å². The first kappa shape index (κ1) is 18.5. The Kier molecular flexibility index (Phi) is 6.74. The Bertz CT molecular complexity index is 706. The molecule has 1 aromatic heterocycles. The predicted octanol–water partition coefficient (Wildman–Crippen LogP) is 1.23. The van der Waals surface area contributed by atoms with Crippen molar-refractivity contribution in [2.45, 2.75) is 25.3 Å². The predicted molar refractivity (Wildman–Crippen MR) is 102 cm³/mol. The van der Waals surface area contributed by atoms with Gasteiger partial charge in [0.25, 0.3) is 0 Å². The molecule has 26 heavy (non-hydrogen) atoms. The number of hydrogen-bond donors (Lipinski definition) is 2. The average Bonchev–Trinajstić information content (AvgIpc) is 3.16. The number of thiazole rings is 1. The van der Waals surface area contributed by atoms with Crippen LogP contribution in [0.25, 0.3) is 0 Å². The van der Waals surface area contributed by atoms with Gasteiger partial charge in [0.1, 0.15) is 0 Å². The van der Waals surface area contributed by atoms with Crippen LogP contribution in [0.3, 0.4) is 0 Å². The molecule has 2 amide bonds. The van der Waals surface area contributed by atoms with Gasteiger partial charge in [-0.05, 0) is 12.0 Å². The van der Waals surface area contributed by atoms with E-state index in [1.54, 1.807) is 16.8 Å². The number of nitrogens with zero attached hydrogens (tertiary/aromatic N) is 2. The summed E-state index contributed by atoms with van der Waals surface area (Å²) in [5, 5.41) is 7.76. The lowest BCUT2D eigenvalue weighted by Gasteiger charge is -2.34. The van der Waals surface area contributed by atoms with Crippen molar-refractivity contribution in [3.8, 4) is 0 Å². The number of piperazine rings is 1. The smallest absolute Gasteiger partial charge is 0.237 e. The number of carbonyl (C=O) groups excluding carboxylic acids is 2. The summed E-state index contributed by atoms with van der Waals surface area (Å²) in [4.78, 5) is 30.9. The summed E-state index contributed by atoms with van der Waals surface area (Å²) < 4.78 is 0. The highest BCUT2D eigenvalue weighted by molar-refractivity contribution is 7.07. The fourth-order valence-electron chi connectivity index (χ4n) is 3.11. The van der Waals surface area contributed by atoms with Crippen molar-refractivity contribution in [3.05, 3.63) is 52.5 Å². The Hall–Kier alpha value is -2.25. The molecular weight excluding hydrogens is 348 g/mol. The summed E-state index contributed by atoms with van der Waals surface area (Å²) >= 11 is 1.55. The molecule has 2 N–H and O–H groups in total. The molecule has 0 saturated carbocycles. The Morgan fingerprint density at radius 1 is 1.31 bits per heavy atom. The molecule has 138 valence electrons. The Labute approximate surface area is 157 Å². The first-order chi connectivity index (χ1) is 12.7. The second kappa shape index (κ2) is 9.45. The van der Waals surface area contributed by atoms with Gasteiger partial charge in [0.2, 0.25) is 11.8 Å². The maximum Gasteiger partial charge on any atom is 0.237 e. The van der Waals surface area contributed by atoms with Crippen molar-refractivity contribution in [1.82, 2.24) is 20.5 Å². The lowest BCUT2D eigenvalue weighted by molar-refractivity contribution is -0.133. The van der Waals surface area contributed by atoms with Crippen LogP contribution in [0.1, 0.15) is 17.7 Å². The van der Waals surface area contributed by atoms with Gasteiger partial charge >= 0.3 is 0 Å². The van der Waals surface area contributed by atoms with Crippen LogP contribution in [-0.4, -0.2) is 53.9 Å². The van der Waals surface area contributed by atoms with E-state index < -0.39 is 6.04 Å². The molecule has 1 fully saturated rings. The third-order valence-corrected chi connectivity index (χ3v) is 5.17. The van der Waals surface area contributed by atoms with Crippen LogP contribution in [0.2, 0.25) is 0 Å². The molecule has 0 bridgehead atoms. The quantitative estimate of drug-likeness (QED) is 0.731. The third-order valence-electron chi connectivity index (χ3n) is 4.54. The SMILES string of the molecule is O=C(CC1C(=O)NCCN1CCc1ccccc1)NCCc1cscn1. The summed E-state index contributed by atoms with van der Waals surface area (Å²) in [5.41, 5.74) is 4.01. The maximum absolute atomic E-state index is 12.3. The van der Waals surface area contributed by atoms with E-state index >= 15 is 0 Å². The van der Waals surface area contributed by atoms with Gasteiger partial charge in [-0.25, -0.2) is 4.98 Å². The molecule has 1 aliphatic heterocycles. The Morgan fingerprint density at radius 2 is 2.15 bits per heavy atom. The molecule has 1 unspecified atom stereocenters. The molecule has 1 aromatic carbocycles. The summed E-state index contributed by atoms with van der Waals surface area (Å²) in [6, 6.07) is 9.81. The topological polar surface area (TPSA) is 74.3 Å². The summed E-state index contributed by atoms with van der Waals surface area (Å²) in [5.74, 6) is -0.147. The van der Waals surface area contributed by atoms with Crippen LogP contribution >= 0.6 is 11.3 Å². The maximum atomic E-state index is 12.3. The lowest BCUT2D eigenvalue weighted by Crippen LogP contribution is -2.56. The Balaban J connectivity index is 1.49. The minimum absolute atomic E-state index is 0.0565. The minimum atomic E-state index is -0.397. The van der Waals surface area contributed by atoms with Gasteiger partial charge in [0.05, 0.1) is 23.7 Å². The second-order valence-electron chi connectivity index (χ2n) is 6.36. The molecule has 0 spiro atoms. The van der Waals surface area contributed by atoms with E-state index in [1.807, 2.05) is 23.6 Å². The van der Waals surface area contributed by atoms with Crippen LogP contribution in [0.5, 0.6) is 0 Å². The molecule has 7 heteroatoms. The molecule has 0 aliphatic carbocycles. The van der Waals surface area contributed by atoms with Crippen molar-refractivity contribution >= 4 is 23.2 Å². The number of rotatable bonds is 8. The van der Waals surface area contributed by atoms with Crippen molar-refractivity contribution in [1.29, 1.82) is 0 Å². The fraction of sp³-hybridized carbons (Fsp3) is 0.421. The van der Waals surface area contributed by atoms with E-state index in [1.165, 1.54) is 5.56 Å². The first-order valence-corrected chi connectivity index (χ1v) is 9.86. The molecule has 3 rings (SSSR count). The van der Waals surface area contributed by atoms with Crippen LogP contribution in [0, 0.1) is 0 Å². The van der Waals surface area contributed by atoms with Crippen molar-refractivity contribution in [3.63, 3.8) is 0 Å². The van der Waals surface area contributed by atoms with Gasteiger partial charge in [-0.2, -0.15) is 0 Å². The molecule has 1 saturated heterocycles. The number of carbonyl (C=O) groups is 2. The second-order valence-corrected chi connectivity index (χ2v) is 7.08.